The predicted octanol–water partition coefficient (Wildman–Crippen LogP) is 8.23. The minimum absolute atomic E-state index is 0.0470. The van der Waals surface area contributed by atoms with E-state index in [9.17, 15) is 22.8 Å². The van der Waals surface area contributed by atoms with Crippen molar-refractivity contribution in [2.24, 2.45) is 0 Å². The number of amides is 1. The lowest BCUT2D eigenvalue weighted by Gasteiger charge is -2.31. The van der Waals surface area contributed by atoms with Gasteiger partial charge in [0, 0.05) is 67.5 Å². The van der Waals surface area contributed by atoms with Crippen LogP contribution in [0.15, 0.2) is 89.5 Å². The molecule has 1 saturated heterocycles. The number of aromatic nitrogens is 1. The minimum Gasteiger partial charge on any atom is -0.457 e. The van der Waals surface area contributed by atoms with Gasteiger partial charge in [-0.25, -0.2) is 22.5 Å². The molecule has 2 N–H and O–H groups in total. The maximum atomic E-state index is 15.6. The lowest BCUT2D eigenvalue weighted by molar-refractivity contribution is -0.114. The van der Waals surface area contributed by atoms with Crippen LogP contribution >= 0.6 is 0 Å². The molecule has 0 radical (unpaired) electrons. The third-order valence-electron chi connectivity index (χ3n) is 7.86. The number of ketones is 1. The zero-order valence-electron chi connectivity index (χ0n) is 25.0. The molecule has 0 bridgehead atoms. The van der Waals surface area contributed by atoms with Crippen LogP contribution in [0.4, 0.5) is 23.4 Å². The zero-order chi connectivity index (χ0) is 33.1. The highest BCUT2D eigenvalue weighted by molar-refractivity contribution is 5.96. The second-order valence-corrected chi connectivity index (χ2v) is 11.3. The van der Waals surface area contributed by atoms with Crippen molar-refractivity contribution in [1.29, 1.82) is 0 Å². The van der Waals surface area contributed by atoms with Gasteiger partial charge in [0.2, 0.25) is 0 Å². The summed E-state index contributed by atoms with van der Waals surface area (Å²) in [5, 5.41) is 0.550. The third kappa shape index (κ3) is 7.51. The van der Waals surface area contributed by atoms with Gasteiger partial charge in [0.05, 0.1) is 0 Å². The lowest BCUT2D eigenvalue weighted by atomic mass is 10.00. The largest absolute Gasteiger partial charge is 0.457 e. The van der Waals surface area contributed by atoms with Crippen molar-refractivity contribution >= 4 is 34.6 Å². The summed E-state index contributed by atoms with van der Waals surface area (Å²) in [4.78, 5) is 30.8. The zero-order valence-corrected chi connectivity index (χ0v) is 25.0. The Morgan fingerprint density at radius 1 is 1.00 bits per heavy atom. The molecule has 0 spiro atoms. The second kappa shape index (κ2) is 13.1. The molecule has 1 aliphatic rings. The number of halogens is 4. The topological polar surface area (TPSA) is 98.7 Å². The SMILES string of the molecule is Nc1ccc(/C=C/C(=O)CCc2cc3cc(-c4ccc(C(=O)N5CCC(F)(F)CC5)cc4F)cc(Oc4cccc(F)c4)c3o2)cn1. The van der Waals surface area contributed by atoms with Crippen LogP contribution in [0.5, 0.6) is 11.5 Å². The second-order valence-electron chi connectivity index (χ2n) is 11.3. The number of carbonyl (C=O) groups is 2. The van der Waals surface area contributed by atoms with Crippen LogP contribution in [0.3, 0.4) is 0 Å². The fourth-order valence-corrected chi connectivity index (χ4v) is 5.32. The van der Waals surface area contributed by atoms with Gasteiger partial charge >= 0.3 is 0 Å². The quantitative estimate of drug-likeness (QED) is 0.128. The molecule has 0 aliphatic carbocycles. The van der Waals surface area contributed by atoms with E-state index in [1.54, 1.807) is 48.7 Å². The number of furan rings is 1. The fourth-order valence-electron chi connectivity index (χ4n) is 5.32. The molecule has 0 unspecified atom stereocenters. The van der Waals surface area contributed by atoms with Crippen LogP contribution in [-0.2, 0) is 11.2 Å². The van der Waals surface area contributed by atoms with Gasteiger partial charge in [0.15, 0.2) is 17.1 Å². The van der Waals surface area contributed by atoms with Crippen LogP contribution in [0.25, 0.3) is 28.2 Å². The summed E-state index contributed by atoms with van der Waals surface area (Å²) in [5.41, 5.74) is 7.23. The van der Waals surface area contributed by atoms with Crippen LogP contribution in [0, 0.1) is 11.6 Å². The molecular weight excluding hydrogens is 614 g/mol. The number of aryl methyl sites for hydroxylation is 1. The van der Waals surface area contributed by atoms with Gasteiger partial charge in [-0.15, -0.1) is 0 Å². The van der Waals surface area contributed by atoms with E-state index in [0.717, 1.165) is 11.6 Å². The van der Waals surface area contributed by atoms with Gasteiger partial charge < -0.3 is 19.8 Å². The Kier molecular flexibility index (Phi) is 8.80. The molecule has 0 atom stereocenters. The Morgan fingerprint density at radius 3 is 2.53 bits per heavy atom. The van der Waals surface area contributed by atoms with Crippen molar-refractivity contribution < 1.29 is 36.3 Å². The Hall–Kier alpha value is -5.45. The highest BCUT2D eigenvalue weighted by Gasteiger charge is 2.36. The summed E-state index contributed by atoms with van der Waals surface area (Å²) in [7, 11) is 0. The molecule has 0 saturated carbocycles. The summed E-state index contributed by atoms with van der Waals surface area (Å²) in [6.45, 7) is -0.227. The van der Waals surface area contributed by atoms with E-state index in [1.807, 2.05) is 0 Å². The first-order valence-electron chi connectivity index (χ1n) is 14.9. The molecule has 1 fully saturated rings. The fraction of sp³-hybridized carbons (Fsp3) is 0.194. The first-order chi connectivity index (χ1) is 22.5. The Labute approximate surface area is 267 Å². The van der Waals surface area contributed by atoms with Crippen molar-refractivity contribution in [3.8, 4) is 22.6 Å². The van der Waals surface area contributed by atoms with Crippen molar-refractivity contribution in [2.45, 2.75) is 31.6 Å². The number of carbonyl (C=O) groups excluding carboxylic acids is 2. The van der Waals surface area contributed by atoms with Crippen molar-refractivity contribution in [3.63, 3.8) is 0 Å². The van der Waals surface area contributed by atoms with Gasteiger partial charge in [-0.2, -0.15) is 0 Å². The smallest absolute Gasteiger partial charge is 0.253 e. The highest BCUT2D eigenvalue weighted by atomic mass is 19.3. The predicted molar refractivity (Wildman–Crippen MR) is 169 cm³/mol. The van der Waals surface area contributed by atoms with E-state index in [0.29, 0.717) is 28.1 Å². The molecule has 1 aliphatic heterocycles. The van der Waals surface area contributed by atoms with Gasteiger partial charge in [-0.3, -0.25) is 9.59 Å². The van der Waals surface area contributed by atoms with E-state index in [2.05, 4.69) is 4.98 Å². The number of likely N-dealkylation sites (tertiary alicyclic amines) is 1. The number of piperidine rings is 1. The summed E-state index contributed by atoms with van der Waals surface area (Å²) >= 11 is 0. The maximum absolute atomic E-state index is 15.6. The first-order valence-corrected chi connectivity index (χ1v) is 14.9. The van der Waals surface area contributed by atoms with Crippen LogP contribution in [-0.4, -0.2) is 40.6 Å². The monoisotopic (exact) mass is 643 g/mol. The average molecular weight is 644 g/mol. The summed E-state index contributed by atoms with van der Waals surface area (Å²) in [6.07, 6.45) is 4.18. The number of ether oxygens (including phenoxy) is 1. The maximum Gasteiger partial charge on any atom is 0.253 e. The number of allylic oxidation sites excluding steroid dienone is 1. The molecular formula is C36H29F4N3O4. The number of hydrogen-bond acceptors (Lipinski definition) is 6. The standard InChI is InChI=1S/C36H29F4N3O4/c37-26-2-1-3-28(20-26)46-32-19-24(30-10-6-23(18-31(30)38)35(45)43-14-12-36(39,40)13-15-43)16-25-17-29(47-34(25)32)9-8-27(44)7-4-22-5-11-33(41)42-21-22/h1-7,10-11,16-21H,8-9,12-15H2,(H2,41,42)/b7-4+. The van der Waals surface area contributed by atoms with E-state index in [4.69, 9.17) is 14.9 Å². The number of nitrogens with two attached hydrogens (primary N) is 1. The molecule has 11 heteroatoms. The molecule has 3 heterocycles. The average Bonchev–Trinajstić information content (AvgIpc) is 3.46. The van der Waals surface area contributed by atoms with Crippen molar-refractivity contribution in [1.82, 2.24) is 9.88 Å². The van der Waals surface area contributed by atoms with E-state index in [1.165, 1.54) is 41.3 Å². The number of hydrogen-bond donors (Lipinski definition) is 1. The number of nitrogen functional groups attached to an aromatic ring is 1. The van der Waals surface area contributed by atoms with Gasteiger partial charge in [0.25, 0.3) is 11.8 Å². The van der Waals surface area contributed by atoms with Gasteiger partial charge in [-0.05, 0) is 77.9 Å². The Morgan fingerprint density at radius 2 is 1.81 bits per heavy atom. The molecule has 7 nitrogen and oxygen atoms in total. The number of alkyl halides is 2. The Bertz CT molecular complexity index is 1980. The van der Waals surface area contributed by atoms with E-state index >= 15 is 4.39 Å². The molecule has 47 heavy (non-hydrogen) atoms. The number of rotatable bonds is 9. The molecule has 6 rings (SSSR count). The number of nitrogens with zero attached hydrogens (tertiary/aromatic N) is 2. The van der Waals surface area contributed by atoms with Crippen LogP contribution in [0.1, 0.15) is 40.9 Å². The summed E-state index contributed by atoms with van der Waals surface area (Å²) in [6, 6.07) is 17.8. The van der Waals surface area contributed by atoms with Gasteiger partial charge in [0.1, 0.15) is 29.0 Å². The highest BCUT2D eigenvalue weighted by Crippen LogP contribution is 2.38. The number of benzene rings is 3. The normalized spacial score (nSPS) is 14.5. The number of pyridine rings is 1. The van der Waals surface area contributed by atoms with Crippen LogP contribution in [0.2, 0.25) is 0 Å². The molecule has 1 amide bonds. The van der Waals surface area contributed by atoms with Crippen molar-refractivity contribution in [3.05, 3.63) is 114 Å². The molecule has 240 valence electrons. The molecule has 5 aromatic rings. The van der Waals surface area contributed by atoms with Crippen LogP contribution < -0.4 is 10.5 Å². The number of fused-ring (bicyclic) bond motifs is 1. The van der Waals surface area contributed by atoms with E-state index in [-0.39, 0.29) is 54.3 Å². The molecule has 3 aromatic carbocycles. The summed E-state index contributed by atoms with van der Waals surface area (Å²) in [5.74, 6) is -3.47. The lowest BCUT2D eigenvalue weighted by Crippen LogP contribution is -2.42. The summed E-state index contributed by atoms with van der Waals surface area (Å²) < 4.78 is 68.7. The van der Waals surface area contributed by atoms with Crippen molar-refractivity contribution in [2.75, 3.05) is 18.8 Å². The third-order valence-corrected chi connectivity index (χ3v) is 7.86. The molecule has 2 aromatic heterocycles. The first kappa shape index (κ1) is 31.5. The van der Waals surface area contributed by atoms with E-state index < -0.39 is 36.3 Å². The Balaban J connectivity index is 1.26. The van der Waals surface area contributed by atoms with Gasteiger partial charge in [-0.1, -0.05) is 12.1 Å². The minimum atomic E-state index is -2.81. The number of anilines is 1.